The molecule has 2 nitrogen and oxygen atoms in total. The van der Waals surface area contributed by atoms with Crippen molar-refractivity contribution >= 4 is 11.6 Å². The monoisotopic (exact) mass is 217 g/mol. The molecule has 1 aromatic rings. The van der Waals surface area contributed by atoms with Gasteiger partial charge in [0.2, 0.25) is 0 Å². The van der Waals surface area contributed by atoms with Crippen LogP contribution >= 0.6 is 11.6 Å². The van der Waals surface area contributed by atoms with Gasteiger partial charge in [-0.2, -0.15) is 0 Å². The minimum atomic E-state index is -1.08. The third-order valence-electron chi connectivity index (χ3n) is 2.06. The topological polar surface area (TPSA) is 46.2 Å². The van der Waals surface area contributed by atoms with Crippen LogP contribution in [0, 0.1) is 5.82 Å². The van der Waals surface area contributed by atoms with E-state index in [4.69, 9.17) is 17.3 Å². The fourth-order valence-electron chi connectivity index (χ4n) is 1.13. The molecule has 0 aliphatic carbocycles. The highest BCUT2D eigenvalue weighted by Gasteiger charge is 2.26. The van der Waals surface area contributed by atoms with E-state index in [2.05, 4.69) is 0 Å². The first-order valence-corrected chi connectivity index (χ1v) is 4.63. The van der Waals surface area contributed by atoms with Gasteiger partial charge >= 0.3 is 0 Å². The lowest BCUT2D eigenvalue weighted by Crippen LogP contribution is -2.35. The quantitative estimate of drug-likeness (QED) is 0.798. The Morgan fingerprint density at radius 2 is 2.07 bits per heavy atom. The minimum absolute atomic E-state index is 0.236. The highest BCUT2D eigenvalue weighted by Crippen LogP contribution is 2.29. The van der Waals surface area contributed by atoms with Crippen LogP contribution in [0.15, 0.2) is 18.2 Å². The van der Waals surface area contributed by atoms with Crippen molar-refractivity contribution in [3.05, 3.63) is 34.6 Å². The van der Waals surface area contributed by atoms with E-state index in [1.165, 1.54) is 18.2 Å². The molecule has 0 aliphatic heterocycles. The molecule has 0 aliphatic rings. The number of hydrogen-bond donors (Lipinski definition) is 2. The molecule has 0 saturated heterocycles. The smallest absolute Gasteiger partial charge is 0.124 e. The Labute approximate surface area is 87.5 Å². The zero-order chi connectivity index (χ0) is 10.9. The van der Waals surface area contributed by atoms with E-state index in [-0.39, 0.29) is 5.02 Å². The first-order valence-electron chi connectivity index (χ1n) is 4.25. The Kier molecular flexibility index (Phi) is 3.14. The van der Waals surface area contributed by atoms with Crippen molar-refractivity contribution in [1.29, 1.82) is 0 Å². The molecule has 0 saturated carbocycles. The highest BCUT2D eigenvalue weighted by molar-refractivity contribution is 6.31. The summed E-state index contributed by atoms with van der Waals surface area (Å²) in [4.78, 5) is 0. The van der Waals surface area contributed by atoms with Crippen molar-refractivity contribution < 1.29 is 9.50 Å². The van der Waals surface area contributed by atoms with E-state index in [1.54, 1.807) is 13.8 Å². The minimum Gasteiger partial charge on any atom is -0.388 e. The van der Waals surface area contributed by atoms with Crippen LogP contribution in [0.4, 0.5) is 4.39 Å². The molecule has 0 spiro atoms. The highest BCUT2D eigenvalue weighted by atomic mass is 35.5. The fourth-order valence-corrected chi connectivity index (χ4v) is 1.42. The van der Waals surface area contributed by atoms with Gasteiger partial charge in [-0.3, -0.25) is 0 Å². The molecule has 1 unspecified atom stereocenters. The molecule has 0 heterocycles. The molecule has 1 atom stereocenters. The summed E-state index contributed by atoms with van der Waals surface area (Å²) in [5.74, 6) is -0.415. The third-order valence-corrected chi connectivity index (χ3v) is 2.39. The van der Waals surface area contributed by atoms with Crippen LogP contribution in [0.1, 0.15) is 25.5 Å². The van der Waals surface area contributed by atoms with Gasteiger partial charge in [0, 0.05) is 5.02 Å². The maximum absolute atomic E-state index is 12.7. The largest absolute Gasteiger partial charge is 0.388 e. The molecule has 14 heavy (non-hydrogen) atoms. The molecule has 4 heteroatoms. The molecule has 3 N–H and O–H groups in total. The molecule has 0 fully saturated rings. The van der Waals surface area contributed by atoms with Crippen molar-refractivity contribution in [3.8, 4) is 0 Å². The van der Waals surface area contributed by atoms with E-state index in [0.29, 0.717) is 5.56 Å². The van der Waals surface area contributed by atoms with Gasteiger partial charge in [-0.25, -0.2) is 4.39 Å². The van der Waals surface area contributed by atoms with Gasteiger partial charge < -0.3 is 10.8 Å². The van der Waals surface area contributed by atoms with Gasteiger partial charge in [0.1, 0.15) is 5.82 Å². The zero-order valence-corrected chi connectivity index (χ0v) is 8.85. The van der Waals surface area contributed by atoms with Crippen molar-refractivity contribution in [1.82, 2.24) is 0 Å². The van der Waals surface area contributed by atoms with Gasteiger partial charge in [-0.05, 0) is 31.5 Å². The van der Waals surface area contributed by atoms with E-state index >= 15 is 0 Å². The van der Waals surface area contributed by atoms with Gasteiger partial charge in [0.15, 0.2) is 0 Å². The van der Waals surface area contributed by atoms with Gasteiger partial charge in [0.25, 0.3) is 0 Å². The number of aliphatic hydroxyl groups is 1. The van der Waals surface area contributed by atoms with E-state index in [9.17, 15) is 9.50 Å². The molecule has 78 valence electrons. The molecule has 0 aromatic heterocycles. The number of nitrogens with two attached hydrogens (primary N) is 1. The molecular formula is C10H13ClFNO. The predicted molar refractivity (Wildman–Crippen MR) is 54.6 cm³/mol. The van der Waals surface area contributed by atoms with E-state index in [0.717, 1.165) is 0 Å². The summed E-state index contributed by atoms with van der Waals surface area (Å²) >= 11 is 5.80. The normalized spacial score (nSPS) is 14.1. The molecule has 0 bridgehead atoms. The Bertz CT molecular complexity index is 335. The molecule has 0 amide bonds. The molecular weight excluding hydrogens is 205 g/mol. The Hall–Kier alpha value is -0.640. The van der Waals surface area contributed by atoms with Crippen LogP contribution in [0.25, 0.3) is 0 Å². The maximum Gasteiger partial charge on any atom is 0.124 e. The summed E-state index contributed by atoms with van der Waals surface area (Å²) in [5, 5.41) is 9.89. The predicted octanol–water partition coefficient (Wildman–Crippen LogP) is 2.25. The second-order valence-corrected chi connectivity index (χ2v) is 4.20. The Morgan fingerprint density at radius 3 is 2.50 bits per heavy atom. The van der Waals surface area contributed by atoms with Crippen LogP contribution in [-0.4, -0.2) is 10.7 Å². The van der Waals surface area contributed by atoms with Crippen LogP contribution in [0.2, 0.25) is 5.02 Å². The van der Waals surface area contributed by atoms with Crippen LogP contribution < -0.4 is 5.73 Å². The Balaban J connectivity index is 3.08. The molecule has 1 rings (SSSR count). The van der Waals surface area contributed by atoms with Crippen LogP contribution in [0.3, 0.4) is 0 Å². The summed E-state index contributed by atoms with van der Waals surface area (Å²) in [7, 11) is 0. The lowest BCUT2D eigenvalue weighted by atomic mass is 9.93. The van der Waals surface area contributed by atoms with Crippen molar-refractivity contribution in [2.24, 2.45) is 5.73 Å². The Morgan fingerprint density at radius 1 is 1.50 bits per heavy atom. The van der Waals surface area contributed by atoms with Gasteiger partial charge in [-0.1, -0.05) is 17.7 Å². The standard InChI is InChI=1S/C10H13ClFNO/c1-10(2,14)9(13)7-4-3-6(12)5-8(7)11/h3-5,9,14H,13H2,1-2H3. The maximum atomic E-state index is 12.7. The summed E-state index contributed by atoms with van der Waals surface area (Å²) < 4.78 is 12.7. The van der Waals surface area contributed by atoms with Gasteiger partial charge in [0.05, 0.1) is 11.6 Å². The number of benzene rings is 1. The summed E-state index contributed by atoms with van der Waals surface area (Å²) in [5.41, 5.74) is 5.23. The average molecular weight is 218 g/mol. The second-order valence-electron chi connectivity index (χ2n) is 3.80. The average Bonchev–Trinajstić information content (AvgIpc) is 2.01. The molecule has 1 aromatic carbocycles. The van der Waals surface area contributed by atoms with Crippen molar-refractivity contribution in [2.45, 2.75) is 25.5 Å². The number of hydrogen-bond acceptors (Lipinski definition) is 2. The number of halogens is 2. The summed E-state index contributed by atoms with van der Waals surface area (Å²) in [6.07, 6.45) is 0. The fraction of sp³-hybridized carbons (Fsp3) is 0.400. The van der Waals surface area contributed by atoms with Crippen molar-refractivity contribution in [2.75, 3.05) is 0 Å². The molecule has 0 radical (unpaired) electrons. The lowest BCUT2D eigenvalue weighted by Gasteiger charge is -2.26. The van der Waals surface area contributed by atoms with Crippen molar-refractivity contribution in [3.63, 3.8) is 0 Å². The first-order chi connectivity index (χ1) is 6.32. The van der Waals surface area contributed by atoms with E-state index < -0.39 is 17.5 Å². The second kappa shape index (κ2) is 3.85. The summed E-state index contributed by atoms with van der Waals surface area (Å²) in [6.45, 7) is 3.16. The lowest BCUT2D eigenvalue weighted by molar-refractivity contribution is 0.0517. The SMILES string of the molecule is CC(C)(O)C(N)c1ccc(F)cc1Cl. The summed E-state index contributed by atoms with van der Waals surface area (Å²) in [6, 6.07) is 3.31. The van der Waals surface area contributed by atoms with Crippen LogP contribution in [-0.2, 0) is 0 Å². The number of rotatable bonds is 2. The third kappa shape index (κ3) is 2.44. The van der Waals surface area contributed by atoms with Crippen LogP contribution in [0.5, 0.6) is 0 Å². The van der Waals surface area contributed by atoms with E-state index in [1.807, 2.05) is 0 Å². The first kappa shape index (κ1) is 11.4. The van der Waals surface area contributed by atoms with Gasteiger partial charge in [-0.15, -0.1) is 0 Å². The zero-order valence-electron chi connectivity index (χ0n) is 8.09.